The summed E-state index contributed by atoms with van der Waals surface area (Å²) in [5, 5.41) is 6.53. The molecule has 23 heavy (non-hydrogen) atoms. The number of ether oxygens (including phenoxy) is 1. The van der Waals surface area contributed by atoms with Gasteiger partial charge in [-0.15, -0.1) is 24.0 Å². The van der Waals surface area contributed by atoms with Crippen molar-refractivity contribution in [1.29, 1.82) is 0 Å². The number of morpholine rings is 1. The Hall–Kier alpha value is -0.800. The van der Waals surface area contributed by atoms with Crippen LogP contribution in [-0.4, -0.2) is 56.8 Å². The van der Waals surface area contributed by atoms with Gasteiger partial charge in [0.2, 0.25) is 0 Å². The number of rotatable bonds is 6. The smallest absolute Gasteiger partial charge is 0.191 e. The first kappa shape index (κ1) is 20.2. The molecule has 2 heterocycles. The van der Waals surface area contributed by atoms with Crippen LogP contribution < -0.4 is 10.6 Å². The molecule has 0 saturated carbocycles. The van der Waals surface area contributed by atoms with Crippen molar-refractivity contribution in [3.05, 3.63) is 23.7 Å². The first-order valence-corrected chi connectivity index (χ1v) is 8.15. The van der Waals surface area contributed by atoms with Crippen molar-refractivity contribution < 1.29 is 9.15 Å². The van der Waals surface area contributed by atoms with E-state index in [2.05, 4.69) is 35.4 Å². The largest absolute Gasteiger partial charge is 0.465 e. The fourth-order valence-electron chi connectivity index (χ4n) is 2.59. The van der Waals surface area contributed by atoms with Crippen molar-refractivity contribution >= 4 is 29.9 Å². The number of aliphatic imine (C=N–C) groups is 1. The van der Waals surface area contributed by atoms with Gasteiger partial charge in [0.15, 0.2) is 5.96 Å². The molecule has 7 heteroatoms. The van der Waals surface area contributed by atoms with Gasteiger partial charge in [-0.2, -0.15) is 0 Å². The minimum atomic E-state index is 0. The lowest BCUT2D eigenvalue weighted by atomic mass is 10.1. The molecule has 0 aliphatic carbocycles. The van der Waals surface area contributed by atoms with Crippen LogP contribution in [-0.2, 0) is 4.74 Å². The molecule has 0 spiro atoms. The van der Waals surface area contributed by atoms with Crippen LogP contribution in [0, 0.1) is 6.92 Å². The summed E-state index contributed by atoms with van der Waals surface area (Å²) >= 11 is 0. The highest BCUT2D eigenvalue weighted by Gasteiger charge is 2.25. The molecule has 1 aliphatic heterocycles. The summed E-state index contributed by atoms with van der Waals surface area (Å²) in [5.74, 6) is 2.78. The molecule has 0 amide bonds. The van der Waals surface area contributed by atoms with Crippen LogP contribution in [0.5, 0.6) is 0 Å². The second-order valence-electron chi connectivity index (χ2n) is 5.36. The minimum absolute atomic E-state index is 0. The summed E-state index contributed by atoms with van der Waals surface area (Å²) in [7, 11) is 0. The van der Waals surface area contributed by atoms with Gasteiger partial charge < -0.3 is 19.8 Å². The van der Waals surface area contributed by atoms with E-state index in [4.69, 9.17) is 14.1 Å². The van der Waals surface area contributed by atoms with Gasteiger partial charge in [-0.25, -0.2) is 0 Å². The molecular weight excluding hydrogens is 407 g/mol. The van der Waals surface area contributed by atoms with Crippen molar-refractivity contribution in [3.8, 4) is 0 Å². The average Bonchev–Trinajstić information content (AvgIpc) is 2.95. The van der Waals surface area contributed by atoms with Crippen LogP contribution in [0.4, 0.5) is 0 Å². The molecule has 2 rings (SSSR count). The van der Waals surface area contributed by atoms with Gasteiger partial charge in [0, 0.05) is 26.2 Å². The first-order valence-electron chi connectivity index (χ1n) is 8.15. The van der Waals surface area contributed by atoms with Gasteiger partial charge in [-0.3, -0.25) is 9.89 Å². The maximum Gasteiger partial charge on any atom is 0.191 e. The highest BCUT2D eigenvalue weighted by atomic mass is 127. The molecule has 132 valence electrons. The Labute approximate surface area is 156 Å². The topological polar surface area (TPSA) is 62.0 Å². The van der Waals surface area contributed by atoms with Crippen LogP contribution in [0.1, 0.15) is 31.4 Å². The third kappa shape index (κ3) is 6.31. The molecule has 1 saturated heterocycles. The van der Waals surface area contributed by atoms with Gasteiger partial charge in [-0.1, -0.05) is 0 Å². The Bertz CT molecular complexity index is 464. The summed E-state index contributed by atoms with van der Waals surface area (Å²) in [6.45, 7) is 11.9. The van der Waals surface area contributed by atoms with Crippen molar-refractivity contribution in [1.82, 2.24) is 15.5 Å². The van der Waals surface area contributed by atoms with Crippen LogP contribution in [0.15, 0.2) is 21.5 Å². The molecule has 6 nitrogen and oxygen atoms in total. The van der Waals surface area contributed by atoms with Gasteiger partial charge >= 0.3 is 0 Å². The second kappa shape index (κ2) is 10.9. The Morgan fingerprint density at radius 2 is 1.87 bits per heavy atom. The number of guanidine groups is 1. The zero-order chi connectivity index (χ0) is 15.8. The molecule has 2 N–H and O–H groups in total. The van der Waals surface area contributed by atoms with Crippen molar-refractivity contribution in [2.45, 2.75) is 26.8 Å². The zero-order valence-corrected chi connectivity index (χ0v) is 16.6. The second-order valence-corrected chi connectivity index (χ2v) is 5.36. The van der Waals surface area contributed by atoms with E-state index in [0.717, 1.165) is 56.9 Å². The third-order valence-electron chi connectivity index (χ3n) is 3.69. The van der Waals surface area contributed by atoms with E-state index < -0.39 is 0 Å². The number of hydrogen-bond acceptors (Lipinski definition) is 4. The van der Waals surface area contributed by atoms with Gasteiger partial charge in [-0.05, 0) is 32.9 Å². The molecule has 1 fully saturated rings. The summed E-state index contributed by atoms with van der Waals surface area (Å²) < 4.78 is 11.3. The normalized spacial score (nSPS) is 16.3. The third-order valence-corrected chi connectivity index (χ3v) is 3.69. The molecule has 1 aromatic rings. The summed E-state index contributed by atoms with van der Waals surface area (Å²) in [5.41, 5.74) is 0. The van der Waals surface area contributed by atoms with E-state index in [-0.39, 0.29) is 30.0 Å². The predicted molar refractivity (Wildman–Crippen MR) is 104 cm³/mol. The molecule has 0 aromatic carbocycles. The summed E-state index contributed by atoms with van der Waals surface area (Å²) in [6.07, 6.45) is 0. The number of nitrogens with zero attached hydrogens (tertiary/aromatic N) is 2. The first-order chi connectivity index (χ1) is 10.7. The number of nitrogens with one attached hydrogen (secondary N) is 2. The lowest BCUT2D eigenvalue weighted by Gasteiger charge is -2.32. The fourth-order valence-corrected chi connectivity index (χ4v) is 2.59. The van der Waals surface area contributed by atoms with Crippen LogP contribution in [0.2, 0.25) is 0 Å². The van der Waals surface area contributed by atoms with Gasteiger partial charge in [0.25, 0.3) is 0 Å². The monoisotopic (exact) mass is 436 g/mol. The maximum absolute atomic E-state index is 5.86. The van der Waals surface area contributed by atoms with Crippen LogP contribution >= 0.6 is 24.0 Å². The van der Waals surface area contributed by atoms with E-state index in [0.29, 0.717) is 6.54 Å². The van der Waals surface area contributed by atoms with Crippen LogP contribution in [0.3, 0.4) is 0 Å². The molecule has 1 atom stereocenters. The predicted octanol–water partition coefficient (Wildman–Crippen LogP) is 2.15. The highest BCUT2D eigenvalue weighted by Crippen LogP contribution is 2.24. The van der Waals surface area contributed by atoms with Crippen molar-refractivity contribution in [3.63, 3.8) is 0 Å². The fraction of sp³-hybridized carbons (Fsp3) is 0.688. The average molecular weight is 436 g/mol. The Morgan fingerprint density at radius 3 is 2.39 bits per heavy atom. The SMILES string of the molecule is CCNC(=NCC(c1ccc(C)o1)N1CCOCC1)NCC.I. The standard InChI is InChI=1S/C16H28N4O2.HI/c1-4-17-16(18-5-2)19-12-14(15-7-6-13(3)22-15)20-8-10-21-11-9-20;/h6-7,14H,4-5,8-12H2,1-3H3,(H2,17,18,19);1H. The Balaban J connectivity index is 0.00000264. The number of halogens is 1. The van der Waals surface area contributed by atoms with E-state index in [1.165, 1.54) is 0 Å². The summed E-state index contributed by atoms with van der Waals surface area (Å²) in [4.78, 5) is 7.11. The van der Waals surface area contributed by atoms with Gasteiger partial charge in [0.1, 0.15) is 11.5 Å². The quantitative estimate of drug-likeness (QED) is 0.407. The van der Waals surface area contributed by atoms with E-state index in [1.54, 1.807) is 0 Å². The van der Waals surface area contributed by atoms with Crippen molar-refractivity contribution in [2.75, 3.05) is 45.9 Å². The Morgan fingerprint density at radius 1 is 1.22 bits per heavy atom. The molecule has 1 aliphatic rings. The summed E-state index contributed by atoms with van der Waals surface area (Å²) in [6, 6.07) is 4.23. The van der Waals surface area contributed by atoms with E-state index in [9.17, 15) is 0 Å². The molecule has 1 unspecified atom stereocenters. The maximum atomic E-state index is 5.86. The minimum Gasteiger partial charge on any atom is -0.465 e. The molecule has 0 radical (unpaired) electrons. The molecular formula is C16H29IN4O2. The molecule has 0 bridgehead atoms. The highest BCUT2D eigenvalue weighted by molar-refractivity contribution is 14.0. The van der Waals surface area contributed by atoms with E-state index >= 15 is 0 Å². The lowest BCUT2D eigenvalue weighted by Crippen LogP contribution is -2.41. The van der Waals surface area contributed by atoms with Crippen LogP contribution in [0.25, 0.3) is 0 Å². The zero-order valence-electron chi connectivity index (χ0n) is 14.3. The number of hydrogen-bond donors (Lipinski definition) is 2. The number of aryl methyl sites for hydroxylation is 1. The number of furan rings is 1. The lowest BCUT2D eigenvalue weighted by molar-refractivity contribution is 0.0135. The van der Waals surface area contributed by atoms with Gasteiger partial charge in [0.05, 0.1) is 25.8 Å². The van der Waals surface area contributed by atoms with Crippen molar-refractivity contribution in [2.24, 2.45) is 4.99 Å². The Kier molecular flexibility index (Phi) is 9.57. The molecule has 1 aromatic heterocycles. The van der Waals surface area contributed by atoms with E-state index in [1.807, 2.05) is 13.0 Å².